The van der Waals surface area contributed by atoms with Crippen LogP contribution in [0, 0.1) is 6.92 Å². The van der Waals surface area contributed by atoms with Gasteiger partial charge in [0.15, 0.2) is 11.8 Å². The molecular weight excluding hydrogens is 318 g/mol. The van der Waals surface area contributed by atoms with Crippen LogP contribution in [0.3, 0.4) is 0 Å². The summed E-state index contributed by atoms with van der Waals surface area (Å²) in [5.41, 5.74) is 1.58. The molecule has 0 fully saturated rings. The molecule has 0 atom stereocenters. The zero-order valence-electron chi connectivity index (χ0n) is 13.8. The Morgan fingerprint density at radius 3 is 2.71 bits per heavy atom. The van der Waals surface area contributed by atoms with Gasteiger partial charge in [-0.25, -0.2) is 0 Å². The van der Waals surface area contributed by atoms with Gasteiger partial charge in [-0.1, -0.05) is 17.7 Å². The molecule has 2 rings (SSSR count). The molecule has 0 aliphatic carbocycles. The number of alkyl halides is 2. The van der Waals surface area contributed by atoms with Crippen LogP contribution in [0.15, 0.2) is 29.5 Å². The number of hydrogen-bond donors (Lipinski definition) is 2. The van der Waals surface area contributed by atoms with Crippen molar-refractivity contribution in [2.24, 2.45) is 12.0 Å². The normalized spacial score (nSPS) is 11.7. The zero-order valence-corrected chi connectivity index (χ0v) is 13.8. The molecule has 7 nitrogen and oxygen atoms in total. The molecular formula is C15H20F2N6O. The first-order valence-electron chi connectivity index (χ1n) is 7.31. The summed E-state index contributed by atoms with van der Waals surface area (Å²) in [6.07, 6.45) is 1.61. The minimum absolute atomic E-state index is 0.145. The fourth-order valence-electron chi connectivity index (χ4n) is 2.09. The van der Waals surface area contributed by atoms with Gasteiger partial charge >= 0.3 is 6.61 Å². The van der Waals surface area contributed by atoms with Crippen molar-refractivity contribution in [3.05, 3.63) is 41.5 Å². The molecule has 1 aromatic carbocycles. The molecule has 0 spiro atoms. The van der Waals surface area contributed by atoms with Crippen molar-refractivity contribution < 1.29 is 13.5 Å². The van der Waals surface area contributed by atoms with Gasteiger partial charge in [0.25, 0.3) is 0 Å². The van der Waals surface area contributed by atoms with Gasteiger partial charge < -0.3 is 19.9 Å². The number of rotatable bonds is 6. The van der Waals surface area contributed by atoms with E-state index in [0.29, 0.717) is 24.6 Å². The standard InChI is InChI=1S/C15H20F2N6O/c1-10-4-5-12(24-14(16)17)11(6-10)7-19-15(18-2)20-8-13-22-21-9-23(13)3/h4-6,9,14H,7-8H2,1-3H3,(H2,18,19,20). The summed E-state index contributed by atoms with van der Waals surface area (Å²) in [5, 5.41) is 13.9. The van der Waals surface area contributed by atoms with Gasteiger partial charge in [0.1, 0.15) is 12.1 Å². The van der Waals surface area contributed by atoms with Crippen LogP contribution in [-0.4, -0.2) is 34.4 Å². The maximum atomic E-state index is 12.5. The molecule has 0 radical (unpaired) electrons. The fraction of sp³-hybridized carbons (Fsp3) is 0.400. The van der Waals surface area contributed by atoms with Crippen LogP contribution in [0.25, 0.3) is 0 Å². The summed E-state index contributed by atoms with van der Waals surface area (Å²) in [6.45, 7) is -0.247. The quantitative estimate of drug-likeness (QED) is 0.618. The summed E-state index contributed by atoms with van der Waals surface area (Å²) >= 11 is 0. The first-order valence-corrected chi connectivity index (χ1v) is 7.31. The smallest absolute Gasteiger partial charge is 0.387 e. The number of hydrogen-bond acceptors (Lipinski definition) is 4. The van der Waals surface area contributed by atoms with E-state index < -0.39 is 6.61 Å². The molecule has 0 bridgehead atoms. The lowest BCUT2D eigenvalue weighted by molar-refractivity contribution is -0.0504. The molecule has 2 aromatic rings. The third kappa shape index (κ3) is 4.90. The predicted octanol–water partition coefficient (Wildman–Crippen LogP) is 1.59. The van der Waals surface area contributed by atoms with E-state index in [1.165, 1.54) is 6.07 Å². The molecule has 2 N–H and O–H groups in total. The van der Waals surface area contributed by atoms with E-state index in [-0.39, 0.29) is 5.75 Å². The number of halogens is 2. The van der Waals surface area contributed by atoms with Crippen LogP contribution in [-0.2, 0) is 20.1 Å². The second-order valence-electron chi connectivity index (χ2n) is 5.13. The van der Waals surface area contributed by atoms with Gasteiger partial charge in [0.05, 0.1) is 6.54 Å². The van der Waals surface area contributed by atoms with Crippen LogP contribution in [0.1, 0.15) is 17.0 Å². The van der Waals surface area contributed by atoms with Crippen molar-refractivity contribution in [1.29, 1.82) is 0 Å². The van der Waals surface area contributed by atoms with Crippen molar-refractivity contribution in [2.45, 2.75) is 26.6 Å². The number of aliphatic imine (C=N–C) groups is 1. The Morgan fingerprint density at radius 1 is 1.33 bits per heavy atom. The number of aryl methyl sites for hydroxylation is 2. The van der Waals surface area contributed by atoms with Crippen LogP contribution >= 0.6 is 0 Å². The summed E-state index contributed by atoms with van der Waals surface area (Å²) in [7, 11) is 3.47. The number of benzene rings is 1. The summed E-state index contributed by atoms with van der Waals surface area (Å²) < 4.78 is 31.3. The highest BCUT2D eigenvalue weighted by Crippen LogP contribution is 2.21. The lowest BCUT2D eigenvalue weighted by Crippen LogP contribution is -2.37. The minimum atomic E-state index is -2.86. The third-order valence-corrected chi connectivity index (χ3v) is 3.32. The largest absolute Gasteiger partial charge is 0.434 e. The van der Waals surface area contributed by atoms with E-state index in [1.54, 1.807) is 30.1 Å². The van der Waals surface area contributed by atoms with E-state index in [9.17, 15) is 8.78 Å². The molecule has 0 saturated heterocycles. The average Bonchev–Trinajstić information content (AvgIpc) is 2.94. The zero-order chi connectivity index (χ0) is 17.5. The van der Waals surface area contributed by atoms with Crippen LogP contribution in [0.4, 0.5) is 8.78 Å². The number of ether oxygens (including phenoxy) is 1. The Hall–Kier alpha value is -2.71. The number of nitrogens with zero attached hydrogens (tertiary/aromatic N) is 4. The maximum Gasteiger partial charge on any atom is 0.387 e. The number of guanidine groups is 1. The average molecular weight is 338 g/mol. The van der Waals surface area contributed by atoms with Crippen LogP contribution in [0.5, 0.6) is 5.75 Å². The monoisotopic (exact) mass is 338 g/mol. The Morgan fingerprint density at radius 2 is 2.08 bits per heavy atom. The highest BCUT2D eigenvalue weighted by Gasteiger charge is 2.11. The Balaban J connectivity index is 1.97. The molecule has 1 heterocycles. The molecule has 130 valence electrons. The predicted molar refractivity (Wildman–Crippen MR) is 85.9 cm³/mol. The van der Waals surface area contributed by atoms with Gasteiger partial charge in [-0.15, -0.1) is 10.2 Å². The molecule has 1 aromatic heterocycles. The third-order valence-electron chi connectivity index (χ3n) is 3.32. The van der Waals surface area contributed by atoms with Crippen molar-refractivity contribution >= 4 is 5.96 Å². The molecule has 9 heteroatoms. The minimum Gasteiger partial charge on any atom is -0.434 e. The lowest BCUT2D eigenvalue weighted by Gasteiger charge is -2.15. The van der Waals surface area contributed by atoms with Crippen molar-refractivity contribution in [1.82, 2.24) is 25.4 Å². The first kappa shape index (κ1) is 17.6. The second-order valence-corrected chi connectivity index (χ2v) is 5.13. The highest BCUT2D eigenvalue weighted by molar-refractivity contribution is 5.79. The second kappa shape index (κ2) is 8.23. The summed E-state index contributed by atoms with van der Waals surface area (Å²) in [4.78, 5) is 4.09. The SMILES string of the molecule is CN=C(NCc1cc(C)ccc1OC(F)F)NCc1nncn1C. The van der Waals surface area contributed by atoms with Crippen molar-refractivity contribution in [2.75, 3.05) is 7.05 Å². The fourth-order valence-corrected chi connectivity index (χ4v) is 2.09. The van der Waals surface area contributed by atoms with Gasteiger partial charge in [0, 0.05) is 26.2 Å². The van der Waals surface area contributed by atoms with E-state index in [2.05, 4.69) is 30.6 Å². The summed E-state index contributed by atoms with van der Waals surface area (Å²) in [5.74, 6) is 1.41. The molecule has 24 heavy (non-hydrogen) atoms. The van der Waals surface area contributed by atoms with E-state index in [0.717, 1.165) is 11.4 Å². The molecule has 0 aliphatic heterocycles. The van der Waals surface area contributed by atoms with Gasteiger partial charge in [-0.05, 0) is 13.0 Å². The van der Waals surface area contributed by atoms with Gasteiger partial charge in [-0.2, -0.15) is 8.78 Å². The van der Waals surface area contributed by atoms with E-state index >= 15 is 0 Å². The Labute approximate surface area is 138 Å². The number of aromatic nitrogens is 3. The van der Waals surface area contributed by atoms with Gasteiger partial charge in [-0.3, -0.25) is 4.99 Å². The molecule has 0 saturated carbocycles. The molecule has 0 aliphatic rings. The topological polar surface area (TPSA) is 76.4 Å². The van der Waals surface area contributed by atoms with Crippen LogP contribution in [0.2, 0.25) is 0 Å². The highest BCUT2D eigenvalue weighted by atomic mass is 19.3. The molecule has 0 unspecified atom stereocenters. The van der Waals surface area contributed by atoms with Crippen LogP contribution < -0.4 is 15.4 Å². The Bertz CT molecular complexity index is 701. The summed E-state index contributed by atoms with van der Waals surface area (Å²) in [6, 6.07) is 5.05. The first-order chi connectivity index (χ1) is 11.5. The maximum absolute atomic E-state index is 12.5. The molecule has 0 amide bonds. The van der Waals surface area contributed by atoms with Crippen molar-refractivity contribution in [3.8, 4) is 5.75 Å². The van der Waals surface area contributed by atoms with Crippen molar-refractivity contribution in [3.63, 3.8) is 0 Å². The number of nitrogens with one attached hydrogen (secondary N) is 2. The van der Waals surface area contributed by atoms with E-state index in [1.807, 2.05) is 14.0 Å². The Kier molecular flexibility index (Phi) is 6.05. The van der Waals surface area contributed by atoms with Gasteiger partial charge in [0.2, 0.25) is 0 Å². The lowest BCUT2D eigenvalue weighted by atomic mass is 10.1. The van der Waals surface area contributed by atoms with E-state index in [4.69, 9.17) is 0 Å².